The van der Waals surface area contributed by atoms with Crippen LogP contribution >= 0.6 is 0 Å². The summed E-state index contributed by atoms with van der Waals surface area (Å²) in [4.78, 5) is 6.60. The molecule has 3 rings (SSSR count). The Balaban J connectivity index is 1.74. The van der Waals surface area contributed by atoms with Gasteiger partial charge in [0, 0.05) is 36.6 Å². The molecular formula is C19H22N2O3. The minimum atomic E-state index is -0.329. The van der Waals surface area contributed by atoms with Crippen molar-refractivity contribution in [2.45, 2.75) is 6.04 Å². The van der Waals surface area contributed by atoms with Crippen molar-refractivity contribution in [2.75, 3.05) is 37.8 Å². The molecule has 1 saturated heterocycles. The van der Waals surface area contributed by atoms with Crippen molar-refractivity contribution in [1.29, 1.82) is 0 Å². The molecule has 5 heteroatoms. The summed E-state index contributed by atoms with van der Waals surface area (Å²) in [5.41, 5.74) is 2.57. The molecule has 2 N–H and O–H groups in total. The number of aliphatic imine (C=N–C) groups is 1. The first-order valence-corrected chi connectivity index (χ1v) is 8.12. The third kappa shape index (κ3) is 3.93. The largest absolute Gasteiger partial charge is 0.507 e. The van der Waals surface area contributed by atoms with Gasteiger partial charge in [-0.25, -0.2) is 0 Å². The van der Waals surface area contributed by atoms with E-state index in [1.807, 2.05) is 42.5 Å². The molecule has 126 valence electrons. The Hall–Kier alpha value is -2.37. The third-order valence-electron chi connectivity index (χ3n) is 4.14. The lowest BCUT2D eigenvalue weighted by molar-refractivity contribution is 0.122. The summed E-state index contributed by atoms with van der Waals surface area (Å²) >= 11 is 0. The number of hydrogen-bond acceptors (Lipinski definition) is 5. The number of ether oxygens (including phenoxy) is 1. The van der Waals surface area contributed by atoms with E-state index in [-0.39, 0.29) is 18.4 Å². The zero-order valence-electron chi connectivity index (χ0n) is 13.5. The van der Waals surface area contributed by atoms with Crippen LogP contribution in [-0.2, 0) is 4.74 Å². The van der Waals surface area contributed by atoms with Gasteiger partial charge in [0.25, 0.3) is 0 Å². The molecule has 1 aliphatic heterocycles. The summed E-state index contributed by atoms with van der Waals surface area (Å²) in [6.07, 6.45) is 1.62. The highest BCUT2D eigenvalue weighted by atomic mass is 16.5. The maximum atomic E-state index is 10.3. The smallest absolute Gasteiger partial charge is 0.126 e. The van der Waals surface area contributed by atoms with Crippen LogP contribution in [-0.4, -0.2) is 49.3 Å². The van der Waals surface area contributed by atoms with E-state index in [4.69, 9.17) is 4.74 Å². The first kappa shape index (κ1) is 16.5. The number of aromatic hydroxyl groups is 1. The topological polar surface area (TPSA) is 65.3 Å². The number of aliphatic hydroxyl groups excluding tert-OH is 1. The summed E-state index contributed by atoms with van der Waals surface area (Å²) in [6, 6.07) is 14.9. The maximum Gasteiger partial charge on any atom is 0.126 e. The molecule has 0 aliphatic carbocycles. The molecule has 0 unspecified atom stereocenters. The highest BCUT2D eigenvalue weighted by Crippen LogP contribution is 2.25. The SMILES string of the molecule is OC[C@H](N=Cc1ccc(N2CCOCC2)cc1O)c1ccccc1. The lowest BCUT2D eigenvalue weighted by atomic mass is 10.1. The molecule has 0 saturated carbocycles. The zero-order chi connectivity index (χ0) is 16.8. The van der Waals surface area contributed by atoms with Crippen LogP contribution in [0.1, 0.15) is 17.2 Å². The fraction of sp³-hybridized carbons (Fsp3) is 0.316. The van der Waals surface area contributed by atoms with Gasteiger partial charge >= 0.3 is 0 Å². The summed E-state index contributed by atoms with van der Waals surface area (Å²) < 4.78 is 5.35. The minimum absolute atomic E-state index is 0.0763. The van der Waals surface area contributed by atoms with Gasteiger partial charge in [0.05, 0.1) is 25.9 Å². The summed E-state index contributed by atoms with van der Waals surface area (Å²) in [6.45, 7) is 2.99. The molecule has 1 fully saturated rings. The number of morpholine rings is 1. The molecule has 0 spiro atoms. The number of hydrogen-bond donors (Lipinski definition) is 2. The second-order valence-corrected chi connectivity index (χ2v) is 5.73. The second-order valence-electron chi connectivity index (χ2n) is 5.73. The van der Waals surface area contributed by atoms with Gasteiger partial charge in [0.1, 0.15) is 5.75 Å². The molecule has 1 heterocycles. The number of aliphatic hydroxyl groups is 1. The molecular weight excluding hydrogens is 304 g/mol. The lowest BCUT2D eigenvalue weighted by Crippen LogP contribution is -2.36. The van der Waals surface area contributed by atoms with Crippen molar-refractivity contribution < 1.29 is 14.9 Å². The Morgan fingerprint density at radius 2 is 1.88 bits per heavy atom. The van der Waals surface area contributed by atoms with Gasteiger partial charge in [0.15, 0.2) is 0 Å². The molecule has 2 aromatic rings. The first-order valence-electron chi connectivity index (χ1n) is 8.12. The molecule has 1 atom stereocenters. The highest BCUT2D eigenvalue weighted by Gasteiger charge is 2.13. The van der Waals surface area contributed by atoms with Gasteiger partial charge in [0.2, 0.25) is 0 Å². The number of anilines is 1. The Kier molecular flexibility index (Phi) is 5.46. The van der Waals surface area contributed by atoms with Gasteiger partial charge in [-0.1, -0.05) is 30.3 Å². The quantitative estimate of drug-likeness (QED) is 0.828. The molecule has 0 radical (unpaired) electrons. The van der Waals surface area contributed by atoms with Crippen molar-refractivity contribution in [3.8, 4) is 5.75 Å². The van der Waals surface area contributed by atoms with Gasteiger partial charge in [-0.2, -0.15) is 0 Å². The van der Waals surface area contributed by atoms with Crippen molar-refractivity contribution >= 4 is 11.9 Å². The highest BCUT2D eigenvalue weighted by molar-refractivity contribution is 5.84. The Labute approximate surface area is 141 Å². The second kappa shape index (κ2) is 7.95. The van der Waals surface area contributed by atoms with Crippen molar-refractivity contribution in [2.24, 2.45) is 4.99 Å². The van der Waals surface area contributed by atoms with E-state index in [9.17, 15) is 10.2 Å². The fourth-order valence-electron chi connectivity index (χ4n) is 2.74. The summed E-state index contributed by atoms with van der Waals surface area (Å²) in [5, 5.41) is 19.8. The Bertz CT molecular complexity index is 682. The number of nitrogens with zero attached hydrogens (tertiary/aromatic N) is 2. The molecule has 0 amide bonds. The van der Waals surface area contributed by atoms with E-state index in [0.29, 0.717) is 18.8 Å². The first-order chi connectivity index (χ1) is 11.8. The van der Waals surface area contributed by atoms with Crippen LogP contribution in [0.3, 0.4) is 0 Å². The van der Waals surface area contributed by atoms with Crippen LogP contribution in [0.4, 0.5) is 5.69 Å². The van der Waals surface area contributed by atoms with Gasteiger partial charge in [-0.05, 0) is 17.7 Å². The summed E-state index contributed by atoms with van der Waals surface area (Å²) in [7, 11) is 0. The zero-order valence-corrected chi connectivity index (χ0v) is 13.5. The van der Waals surface area contributed by atoms with E-state index in [1.165, 1.54) is 0 Å². The molecule has 5 nitrogen and oxygen atoms in total. The van der Waals surface area contributed by atoms with E-state index >= 15 is 0 Å². The van der Waals surface area contributed by atoms with Crippen molar-refractivity contribution in [1.82, 2.24) is 0 Å². The van der Waals surface area contributed by atoms with Crippen LogP contribution in [0.25, 0.3) is 0 Å². The van der Waals surface area contributed by atoms with Crippen LogP contribution in [0.2, 0.25) is 0 Å². The molecule has 0 aromatic heterocycles. The van der Waals surface area contributed by atoms with E-state index in [0.717, 1.165) is 24.3 Å². The Morgan fingerprint density at radius 3 is 2.54 bits per heavy atom. The molecule has 1 aliphatic rings. The van der Waals surface area contributed by atoms with Crippen LogP contribution in [0.15, 0.2) is 53.5 Å². The van der Waals surface area contributed by atoms with Crippen molar-refractivity contribution in [3.05, 3.63) is 59.7 Å². The molecule has 2 aromatic carbocycles. The lowest BCUT2D eigenvalue weighted by Gasteiger charge is -2.29. The standard InChI is InChI=1S/C19H22N2O3/c22-14-18(15-4-2-1-3-5-15)20-13-16-6-7-17(12-19(16)23)21-8-10-24-11-9-21/h1-7,12-13,18,22-23H,8-11,14H2/t18-/m0/s1. The molecule has 24 heavy (non-hydrogen) atoms. The van der Waals surface area contributed by atoms with Crippen molar-refractivity contribution in [3.63, 3.8) is 0 Å². The van der Waals surface area contributed by atoms with E-state index < -0.39 is 0 Å². The predicted octanol–water partition coefficient (Wildman–Crippen LogP) is 2.38. The fourth-order valence-corrected chi connectivity index (χ4v) is 2.74. The van der Waals surface area contributed by atoms with Crippen LogP contribution in [0.5, 0.6) is 5.75 Å². The van der Waals surface area contributed by atoms with Gasteiger partial charge < -0.3 is 19.8 Å². The monoisotopic (exact) mass is 326 g/mol. The summed E-state index contributed by atoms with van der Waals surface area (Å²) in [5.74, 6) is 0.187. The van der Waals surface area contributed by atoms with Crippen LogP contribution < -0.4 is 4.90 Å². The minimum Gasteiger partial charge on any atom is -0.507 e. The normalized spacial score (nSPS) is 16.5. The maximum absolute atomic E-state index is 10.3. The average Bonchev–Trinajstić information content (AvgIpc) is 2.65. The average molecular weight is 326 g/mol. The Morgan fingerprint density at radius 1 is 1.12 bits per heavy atom. The number of phenolic OH excluding ortho intramolecular Hbond substituents is 1. The molecule has 0 bridgehead atoms. The number of rotatable bonds is 5. The van der Waals surface area contributed by atoms with Gasteiger partial charge in [-0.3, -0.25) is 4.99 Å². The number of benzene rings is 2. The van der Waals surface area contributed by atoms with Crippen LogP contribution in [0, 0.1) is 0 Å². The van der Waals surface area contributed by atoms with Gasteiger partial charge in [-0.15, -0.1) is 0 Å². The van der Waals surface area contributed by atoms with E-state index in [2.05, 4.69) is 9.89 Å². The van der Waals surface area contributed by atoms with E-state index in [1.54, 1.807) is 12.3 Å². The predicted molar refractivity (Wildman–Crippen MR) is 95.0 cm³/mol. The third-order valence-corrected chi connectivity index (χ3v) is 4.14. The number of phenols is 1.